The van der Waals surface area contributed by atoms with Crippen LogP contribution in [0.2, 0.25) is 0 Å². The van der Waals surface area contributed by atoms with Gasteiger partial charge in [-0.2, -0.15) is 18.4 Å². The molecule has 1 N–H and O–H groups in total. The maximum atomic E-state index is 12.0. The molecule has 47 heavy (non-hydrogen) atoms. The van der Waals surface area contributed by atoms with Crippen LogP contribution in [0.1, 0.15) is 0 Å². The summed E-state index contributed by atoms with van der Waals surface area (Å²) in [5, 5.41) is 2.49. The molecule has 5 rings (SSSR count). The van der Waals surface area contributed by atoms with Crippen molar-refractivity contribution >= 4 is 39.9 Å². The molecule has 2 aromatic heterocycles. The van der Waals surface area contributed by atoms with Gasteiger partial charge in [0.15, 0.2) is 11.5 Å². The topological polar surface area (TPSA) is 167 Å². The number of rotatable bonds is 11. The van der Waals surface area contributed by atoms with Gasteiger partial charge in [0.05, 0.1) is 20.3 Å². The van der Waals surface area contributed by atoms with Gasteiger partial charge in [-0.05, 0) is 36.4 Å². The highest BCUT2D eigenvalue weighted by Gasteiger charge is 2.24. The highest BCUT2D eigenvalue weighted by molar-refractivity contribution is 7.61. The summed E-state index contributed by atoms with van der Waals surface area (Å²) in [6, 6.07) is 22.0. The van der Waals surface area contributed by atoms with Crippen molar-refractivity contribution in [2.24, 2.45) is 4.36 Å². The molecule has 16 heteroatoms. The fourth-order valence-electron chi connectivity index (χ4n) is 4.02. The Morgan fingerprint density at radius 2 is 1.66 bits per heavy atom. The van der Waals surface area contributed by atoms with Crippen molar-refractivity contribution in [2.75, 3.05) is 75.8 Å². The number of para-hydroxylation sites is 3. The van der Waals surface area contributed by atoms with E-state index >= 15 is 0 Å². The van der Waals surface area contributed by atoms with Gasteiger partial charge in [-0.15, -0.1) is 4.36 Å². The molecule has 1 fully saturated rings. The molecule has 15 nitrogen and oxygen atoms in total. The summed E-state index contributed by atoms with van der Waals surface area (Å²) >= 11 is 0. The van der Waals surface area contributed by atoms with Crippen LogP contribution in [-0.2, 0) is 20.0 Å². The van der Waals surface area contributed by atoms with Gasteiger partial charge in [0.2, 0.25) is 17.5 Å². The highest BCUT2D eigenvalue weighted by Crippen LogP contribution is 2.42. The van der Waals surface area contributed by atoms with Crippen LogP contribution < -0.4 is 29.3 Å². The third kappa shape index (κ3) is 10.8. The van der Waals surface area contributed by atoms with E-state index in [1.807, 2.05) is 32.3 Å². The fourth-order valence-corrected chi connectivity index (χ4v) is 4.29. The second kappa shape index (κ2) is 17.9. The minimum absolute atomic E-state index is 0.106. The maximum absolute atomic E-state index is 12.0. The van der Waals surface area contributed by atoms with Gasteiger partial charge in [-0.1, -0.05) is 36.4 Å². The van der Waals surface area contributed by atoms with Crippen molar-refractivity contribution in [3.63, 3.8) is 0 Å². The molecule has 3 heterocycles. The number of nitrogens with zero attached hydrogens (tertiary/aromatic N) is 6. The number of anilines is 3. The standard InChI is InChI=1S/C23H24N6O8S.C8H11N/c1-33-16-6-2-3-7-17(16)37-19-20(28-38(31)32)26-22(29-10-12-34-13-11-29)27-21(19)35-14-15-36-23(30)25-18-8-4-5-9-24-18;1-9(2)8-6-4-3-5-7-8/h2-9H,10-15H2,1H3,(H,24,25,30);3-7H,1-2H3. The average Bonchev–Trinajstić information content (AvgIpc) is 3.09. The lowest BCUT2D eigenvalue weighted by molar-refractivity contribution is 0.121. The van der Waals surface area contributed by atoms with E-state index in [0.29, 0.717) is 37.9 Å². The molecule has 0 radical (unpaired) electrons. The summed E-state index contributed by atoms with van der Waals surface area (Å²) in [4.78, 5) is 28.7. The van der Waals surface area contributed by atoms with E-state index in [1.54, 1.807) is 47.4 Å². The Bertz CT molecular complexity index is 1710. The number of carbonyl (C=O) groups excluding carboxylic acids is 1. The van der Waals surface area contributed by atoms with Crippen LogP contribution in [0, 0.1) is 0 Å². The molecule has 0 spiro atoms. The van der Waals surface area contributed by atoms with Gasteiger partial charge in [0, 0.05) is 39.1 Å². The van der Waals surface area contributed by atoms with E-state index in [1.165, 1.54) is 19.0 Å². The average molecular weight is 666 g/mol. The Labute approximate surface area is 273 Å². The first kappa shape index (κ1) is 34.4. The zero-order valence-electron chi connectivity index (χ0n) is 26.1. The lowest BCUT2D eigenvalue weighted by atomic mass is 10.3. The van der Waals surface area contributed by atoms with Gasteiger partial charge in [-0.25, -0.2) is 9.78 Å². The SMILES string of the molecule is CN(C)c1ccccc1.COc1ccccc1Oc1c(N=S(=O)=O)nc(N2CCOCC2)nc1OCCOC(=O)Nc1ccccn1. The Morgan fingerprint density at radius 3 is 2.30 bits per heavy atom. The largest absolute Gasteiger partial charge is 0.493 e. The van der Waals surface area contributed by atoms with Crippen LogP contribution in [0.25, 0.3) is 0 Å². The summed E-state index contributed by atoms with van der Waals surface area (Å²) in [7, 11) is 2.68. The van der Waals surface area contributed by atoms with E-state index in [2.05, 4.69) is 41.7 Å². The number of ether oxygens (including phenoxy) is 5. The monoisotopic (exact) mass is 665 g/mol. The summed E-state index contributed by atoms with van der Waals surface area (Å²) in [5.74, 6) is 0.590. The van der Waals surface area contributed by atoms with Crippen LogP contribution in [0.3, 0.4) is 0 Å². The minimum atomic E-state index is -2.86. The second-order valence-electron chi connectivity index (χ2n) is 9.70. The molecule has 1 aliphatic heterocycles. The van der Waals surface area contributed by atoms with Crippen molar-refractivity contribution in [1.29, 1.82) is 0 Å². The number of hydrogen-bond donors (Lipinski definition) is 1. The Kier molecular flexibility index (Phi) is 13.1. The smallest absolute Gasteiger partial charge is 0.412 e. The molecule has 4 aromatic rings. The van der Waals surface area contributed by atoms with Gasteiger partial charge in [0.1, 0.15) is 19.0 Å². The minimum Gasteiger partial charge on any atom is -0.493 e. The molecule has 0 atom stereocenters. The third-order valence-corrected chi connectivity index (χ3v) is 6.59. The van der Waals surface area contributed by atoms with Crippen LogP contribution in [0.15, 0.2) is 83.4 Å². The summed E-state index contributed by atoms with van der Waals surface area (Å²) < 4.78 is 54.2. The molecule has 1 amide bonds. The van der Waals surface area contributed by atoms with Crippen molar-refractivity contribution in [3.05, 3.63) is 79.0 Å². The van der Waals surface area contributed by atoms with Crippen LogP contribution in [0.5, 0.6) is 23.1 Å². The molecule has 248 valence electrons. The Morgan fingerprint density at radius 1 is 0.957 bits per heavy atom. The van der Waals surface area contributed by atoms with E-state index < -0.39 is 16.6 Å². The number of pyridine rings is 1. The summed E-state index contributed by atoms with van der Waals surface area (Å²) in [6.45, 7) is 1.53. The molecular formula is C31H35N7O8S. The predicted molar refractivity (Wildman–Crippen MR) is 175 cm³/mol. The van der Waals surface area contributed by atoms with E-state index in [-0.39, 0.29) is 42.4 Å². The maximum Gasteiger partial charge on any atom is 0.412 e. The first-order chi connectivity index (χ1) is 22.8. The van der Waals surface area contributed by atoms with Crippen LogP contribution in [0.4, 0.5) is 28.1 Å². The lowest BCUT2D eigenvalue weighted by Crippen LogP contribution is -2.37. The number of aromatic nitrogens is 3. The number of nitrogens with one attached hydrogen (secondary N) is 1. The van der Waals surface area contributed by atoms with Crippen molar-refractivity contribution in [3.8, 4) is 23.1 Å². The second-order valence-corrected chi connectivity index (χ2v) is 10.3. The van der Waals surface area contributed by atoms with Gasteiger partial charge < -0.3 is 33.5 Å². The molecular weight excluding hydrogens is 630 g/mol. The zero-order chi connectivity index (χ0) is 33.4. The summed E-state index contributed by atoms with van der Waals surface area (Å²) in [5.41, 5.74) is 1.25. The van der Waals surface area contributed by atoms with E-state index in [4.69, 9.17) is 23.7 Å². The number of carbonyl (C=O) groups is 1. The van der Waals surface area contributed by atoms with Gasteiger partial charge in [0.25, 0.3) is 5.88 Å². The van der Waals surface area contributed by atoms with Gasteiger partial charge in [-0.3, -0.25) is 5.32 Å². The molecule has 0 saturated carbocycles. The van der Waals surface area contributed by atoms with Crippen LogP contribution >= 0.6 is 0 Å². The van der Waals surface area contributed by atoms with Crippen molar-refractivity contribution in [1.82, 2.24) is 15.0 Å². The molecule has 0 bridgehead atoms. The first-order valence-electron chi connectivity index (χ1n) is 14.4. The highest BCUT2D eigenvalue weighted by atomic mass is 32.2. The molecule has 0 unspecified atom stereocenters. The van der Waals surface area contributed by atoms with Crippen LogP contribution in [-0.4, -0.2) is 90.2 Å². The fraction of sp³-hybridized carbons (Fsp3) is 0.290. The molecule has 2 aromatic carbocycles. The Hall–Kier alpha value is -5.48. The number of morpholine rings is 1. The first-order valence-corrected chi connectivity index (χ1v) is 15.4. The zero-order valence-corrected chi connectivity index (χ0v) is 26.9. The number of benzene rings is 2. The van der Waals surface area contributed by atoms with E-state index in [9.17, 15) is 13.2 Å². The van der Waals surface area contributed by atoms with Gasteiger partial charge >= 0.3 is 16.6 Å². The number of hydrogen-bond acceptors (Lipinski definition) is 14. The van der Waals surface area contributed by atoms with E-state index in [0.717, 1.165) is 0 Å². The van der Waals surface area contributed by atoms with Crippen molar-refractivity contribution < 1.29 is 36.9 Å². The molecule has 1 aliphatic rings. The summed E-state index contributed by atoms with van der Waals surface area (Å²) in [6.07, 6.45) is 0.799. The number of amides is 1. The Balaban J connectivity index is 0.000000479. The lowest BCUT2D eigenvalue weighted by Gasteiger charge is -2.27. The van der Waals surface area contributed by atoms with Crippen molar-refractivity contribution in [2.45, 2.75) is 0 Å². The third-order valence-electron chi connectivity index (χ3n) is 6.26. The predicted octanol–water partition coefficient (Wildman–Crippen LogP) is 4.58. The molecule has 1 saturated heterocycles. The molecule has 0 aliphatic carbocycles. The number of methoxy groups -OCH3 is 1. The normalized spacial score (nSPS) is 12.1. The quantitative estimate of drug-likeness (QED) is 0.221.